The van der Waals surface area contributed by atoms with Crippen LogP contribution in [-0.2, 0) is 0 Å². The van der Waals surface area contributed by atoms with Gasteiger partial charge in [-0.1, -0.05) is 23.7 Å². The van der Waals surface area contributed by atoms with Gasteiger partial charge in [-0.15, -0.1) is 0 Å². The molecule has 0 saturated carbocycles. The molecule has 0 atom stereocenters. The van der Waals surface area contributed by atoms with Crippen molar-refractivity contribution in [2.24, 2.45) is 0 Å². The average molecular weight is 199 g/mol. The maximum absolute atomic E-state index is 5.96. The Balaban J connectivity index is 2.41. The number of hydrogen-bond acceptors (Lipinski definition) is 2. The first-order valence-electron chi connectivity index (χ1n) is 4.33. The van der Waals surface area contributed by atoms with Crippen LogP contribution in [0.25, 0.3) is 0 Å². The summed E-state index contributed by atoms with van der Waals surface area (Å²) in [6, 6.07) is 7.78. The van der Waals surface area contributed by atoms with Crippen molar-refractivity contribution in [1.82, 2.24) is 4.90 Å². The van der Waals surface area contributed by atoms with Crippen LogP contribution < -0.4 is 5.32 Å². The molecule has 0 unspecified atom stereocenters. The fourth-order valence-corrected chi connectivity index (χ4v) is 1.22. The first kappa shape index (κ1) is 10.4. The summed E-state index contributed by atoms with van der Waals surface area (Å²) in [4.78, 5) is 2.13. The minimum Gasteiger partial charge on any atom is -0.383 e. The van der Waals surface area contributed by atoms with E-state index in [9.17, 15) is 0 Å². The van der Waals surface area contributed by atoms with Crippen LogP contribution in [-0.4, -0.2) is 32.1 Å². The number of nitrogens with zero attached hydrogens (tertiary/aromatic N) is 1. The SMILES string of the molecule is CN(C)CCNc1ccccc1Cl. The number of anilines is 1. The highest BCUT2D eigenvalue weighted by molar-refractivity contribution is 6.33. The summed E-state index contributed by atoms with van der Waals surface area (Å²) in [6.45, 7) is 1.92. The molecule has 0 heterocycles. The van der Waals surface area contributed by atoms with Gasteiger partial charge < -0.3 is 10.2 Å². The van der Waals surface area contributed by atoms with Gasteiger partial charge in [0.2, 0.25) is 0 Å². The second-order valence-electron chi connectivity index (χ2n) is 3.21. The quantitative estimate of drug-likeness (QED) is 0.799. The zero-order valence-electron chi connectivity index (χ0n) is 8.05. The van der Waals surface area contributed by atoms with Crippen LogP contribution in [0.15, 0.2) is 24.3 Å². The maximum Gasteiger partial charge on any atom is 0.0637 e. The van der Waals surface area contributed by atoms with Crippen molar-refractivity contribution in [2.75, 3.05) is 32.5 Å². The van der Waals surface area contributed by atoms with E-state index >= 15 is 0 Å². The smallest absolute Gasteiger partial charge is 0.0637 e. The lowest BCUT2D eigenvalue weighted by atomic mass is 10.3. The van der Waals surface area contributed by atoms with E-state index in [1.807, 2.05) is 38.4 Å². The highest BCUT2D eigenvalue weighted by Crippen LogP contribution is 2.19. The molecule has 2 nitrogen and oxygen atoms in total. The van der Waals surface area contributed by atoms with Crippen LogP contribution in [0, 0.1) is 0 Å². The Morgan fingerprint density at radius 2 is 2.00 bits per heavy atom. The van der Waals surface area contributed by atoms with Crippen molar-refractivity contribution in [3.8, 4) is 0 Å². The zero-order chi connectivity index (χ0) is 9.68. The Hall–Kier alpha value is -0.730. The van der Waals surface area contributed by atoms with Gasteiger partial charge in [-0.3, -0.25) is 0 Å². The summed E-state index contributed by atoms with van der Waals surface area (Å²) in [7, 11) is 4.10. The van der Waals surface area contributed by atoms with Gasteiger partial charge in [0.25, 0.3) is 0 Å². The van der Waals surface area contributed by atoms with Gasteiger partial charge in [-0.25, -0.2) is 0 Å². The molecule has 0 aliphatic rings. The normalized spacial score (nSPS) is 10.5. The van der Waals surface area contributed by atoms with E-state index in [2.05, 4.69) is 10.2 Å². The predicted molar refractivity (Wildman–Crippen MR) is 58.5 cm³/mol. The Morgan fingerprint density at radius 1 is 1.31 bits per heavy atom. The summed E-state index contributed by atoms with van der Waals surface area (Å²) >= 11 is 5.96. The van der Waals surface area contributed by atoms with Crippen LogP contribution >= 0.6 is 11.6 Å². The molecule has 1 aromatic carbocycles. The van der Waals surface area contributed by atoms with E-state index in [0.717, 1.165) is 23.8 Å². The van der Waals surface area contributed by atoms with Gasteiger partial charge in [-0.2, -0.15) is 0 Å². The minimum absolute atomic E-state index is 0.779. The molecule has 0 aliphatic carbocycles. The number of para-hydroxylation sites is 1. The van der Waals surface area contributed by atoms with Crippen molar-refractivity contribution < 1.29 is 0 Å². The molecule has 0 spiro atoms. The first-order valence-corrected chi connectivity index (χ1v) is 4.71. The number of halogens is 1. The molecule has 0 aliphatic heterocycles. The maximum atomic E-state index is 5.96. The van der Waals surface area contributed by atoms with Crippen molar-refractivity contribution in [3.63, 3.8) is 0 Å². The number of benzene rings is 1. The molecule has 3 heteroatoms. The Kier molecular flexibility index (Phi) is 4.06. The molecule has 72 valence electrons. The second-order valence-corrected chi connectivity index (χ2v) is 3.62. The third-order valence-electron chi connectivity index (χ3n) is 1.75. The number of rotatable bonds is 4. The van der Waals surface area contributed by atoms with Gasteiger partial charge in [0.1, 0.15) is 0 Å². The molecule has 0 bridgehead atoms. The third-order valence-corrected chi connectivity index (χ3v) is 2.08. The highest BCUT2D eigenvalue weighted by atomic mass is 35.5. The van der Waals surface area contributed by atoms with E-state index in [1.165, 1.54) is 0 Å². The summed E-state index contributed by atoms with van der Waals surface area (Å²) in [5.74, 6) is 0. The largest absolute Gasteiger partial charge is 0.383 e. The van der Waals surface area contributed by atoms with Crippen molar-refractivity contribution in [2.45, 2.75) is 0 Å². The zero-order valence-corrected chi connectivity index (χ0v) is 8.80. The van der Waals surface area contributed by atoms with E-state index in [-0.39, 0.29) is 0 Å². The average Bonchev–Trinajstić information content (AvgIpc) is 2.08. The summed E-state index contributed by atoms with van der Waals surface area (Å²) in [5, 5.41) is 4.05. The molecule has 1 N–H and O–H groups in total. The van der Waals surface area contributed by atoms with Crippen LogP contribution in [0.2, 0.25) is 5.02 Å². The molecule has 0 saturated heterocycles. The molecular formula is C10H15ClN2. The molecule has 0 aromatic heterocycles. The summed E-state index contributed by atoms with van der Waals surface area (Å²) in [6.07, 6.45) is 0. The lowest BCUT2D eigenvalue weighted by Crippen LogP contribution is -2.20. The standard InChI is InChI=1S/C10H15ClN2/c1-13(2)8-7-12-10-6-4-3-5-9(10)11/h3-6,12H,7-8H2,1-2H3. The van der Waals surface area contributed by atoms with Crippen molar-refractivity contribution >= 4 is 17.3 Å². The van der Waals surface area contributed by atoms with Crippen molar-refractivity contribution in [1.29, 1.82) is 0 Å². The van der Waals surface area contributed by atoms with E-state index in [0.29, 0.717) is 0 Å². The lowest BCUT2D eigenvalue weighted by Gasteiger charge is -2.11. The molecule has 1 aromatic rings. The van der Waals surface area contributed by atoms with Gasteiger partial charge in [0.15, 0.2) is 0 Å². The van der Waals surface area contributed by atoms with E-state index in [1.54, 1.807) is 0 Å². The van der Waals surface area contributed by atoms with Crippen molar-refractivity contribution in [3.05, 3.63) is 29.3 Å². The molecular weight excluding hydrogens is 184 g/mol. The lowest BCUT2D eigenvalue weighted by molar-refractivity contribution is 0.425. The van der Waals surface area contributed by atoms with Crippen LogP contribution in [0.3, 0.4) is 0 Å². The number of hydrogen-bond donors (Lipinski definition) is 1. The molecule has 13 heavy (non-hydrogen) atoms. The van der Waals surface area contributed by atoms with Gasteiger partial charge in [0.05, 0.1) is 10.7 Å². The molecule has 1 rings (SSSR count). The van der Waals surface area contributed by atoms with Crippen LogP contribution in [0.1, 0.15) is 0 Å². The van der Waals surface area contributed by atoms with Crippen LogP contribution in [0.5, 0.6) is 0 Å². The fourth-order valence-electron chi connectivity index (χ4n) is 1.02. The first-order chi connectivity index (χ1) is 6.20. The Bertz CT molecular complexity index is 261. The summed E-state index contributed by atoms with van der Waals surface area (Å²) in [5.41, 5.74) is 1.01. The molecule has 0 fully saturated rings. The van der Waals surface area contributed by atoms with E-state index in [4.69, 9.17) is 11.6 Å². The summed E-state index contributed by atoms with van der Waals surface area (Å²) < 4.78 is 0. The van der Waals surface area contributed by atoms with E-state index < -0.39 is 0 Å². The third kappa shape index (κ3) is 3.66. The highest BCUT2D eigenvalue weighted by Gasteiger charge is 1.96. The van der Waals surface area contributed by atoms with Crippen LogP contribution in [0.4, 0.5) is 5.69 Å². The Morgan fingerprint density at radius 3 is 2.62 bits per heavy atom. The number of likely N-dealkylation sites (N-methyl/N-ethyl adjacent to an activating group) is 1. The monoisotopic (exact) mass is 198 g/mol. The Labute approximate surface area is 84.5 Å². The fraction of sp³-hybridized carbons (Fsp3) is 0.400. The second kappa shape index (κ2) is 5.10. The topological polar surface area (TPSA) is 15.3 Å². The number of nitrogens with one attached hydrogen (secondary N) is 1. The minimum atomic E-state index is 0.779. The van der Waals surface area contributed by atoms with Gasteiger partial charge in [-0.05, 0) is 26.2 Å². The molecule has 0 radical (unpaired) electrons. The van der Waals surface area contributed by atoms with Gasteiger partial charge >= 0.3 is 0 Å². The predicted octanol–water partition coefficient (Wildman–Crippen LogP) is 2.31. The molecule has 0 amide bonds. The van der Waals surface area contributed by atoms with Gasteiger partial charge in [0, 0.05) is 13.1 Å².